The van der Waals surface area contributed by atoms with Crippen LogP contribution in [0, 0.1) is 5.92 Å². The molecule has 25 heavy (non-hydrogen) atoms. The van der Waals surface area contributed by atoms with Gasteiger partial charge in [0.15, 0.2) is 0 Å². The van der Waals surface area contributed by atoms with Gasteiger partial charge in [-0.1, -0.05) is 18.2 Å². The Balaban J connectivity index is 1.43. The number of hydrogen-bond acceptors (Lipinski definition) is 4. The molecule has 2 fully saturated rings. The van der Waals surface area contributed by atoms with Crippen molar-refractivity contribution in [1.82, 2.24) is 9.80 Å². The van der Waals surface area contributed by atoms with Gasteiger partial charge >= 0.3 is 0 Å². The average molecular weight is 345 g/mol. The number of para-hydroxylation sites is 1. The first-order chi connectivity index (χ1) is 12.1. The van der Waals surface area contributed by atoms with Gasteiger partial charge in [-0.2, -0.15) is 0 Å². The lowest BCUT2D eigenvalue weighted by atomic mass is 9.95. The van der Waals surface area contributed by atoms with E-state index in [0.717, 1.165) is 31.6 Å². The summed E-state index contributed by atoms with van der Waals surface area (Å²) in [6.45, 7) is 6.11. The van der Waals surface area contributed by atoms with Crippen LogP contribution in [0.25, 0.3) is 0 Å². The number of nitrogens with zero attached hydrogens (tertiary/aromatic N) is 2. The average Bonchev–Trinajstić information content (AvgIpc) is 2.62. The van der Waals surface area contributed by atoms with Gasteiger partial charge in [0.05, 0.1) is 19.3 Å². The molecule has 2 amide bonds. The van der Waals surface area contributed by atoms with Gasteiger partial charge in [0.2, 0.25) is 11.8 Å². The first kappa shape index (κ1) is 17.9. The molecule has 0 spiro atoms. The number of anilines is 1. The van der Waals surface area contributed by atoms with Crippen LogP contribution >= 0.6 is 0 Å². The number of ether oxygens (including phenoxy) is 1. The van der Waals surface area contributed by atoms with E-state index in [-0.39, 0.29) is 23.8 Å². The third kappa shape index (κ3) is 5.03. The molecule has 0 aliphatic carbocycles. The summed E-state index contributed by atoms with van der Waals surface area (Å²) in [5, 5.41) is 2.96. The highest BCUT2D eigenvalue weighted by atomic mass is 16.5. The maximum Gasteiger partial charge on any atom is 0.236 e. The van der Waals surface area contributed by atoms with E-state index in [1.54, 1.807) is 0 Å². The second-order valence-electron chi connectivity index (χ2n) is 6.93. The van der Waals surface area contributed by atoms with E-state index in [1.165, 1.54) is 0 Å². The minimum atomic E-state index is -0.0207. The standard InChI is InChI=1S/C19H27N3O3/c1-15-13-21(11-12-25-15)14-18(23)22-9-7-16(8-10-22)19(24)20-17-5-3-2-4-6-17/h2-6,15-16H,7-14H2,1H3,(H,20,24). The smallest absolute Gasteiger partial charge is 0.236 e. The van der Waals surface area contributed by atoms with Gasteiger partial charge in [-0.25, -0.2) is 0 Å². The molecule has 6 nitrogen and oxygen atoms in total. The Morgan fingerprint density at radius 1 is 1.16 bits per heavy atom. The third-order valence-electron chi connectivity index (χ3n) is 4.94. The SMILES string of the molecule is CC1CN(CC(=O)N2CCC(C(=O)Nc3ccccc3)CC2)CCO1. The Hall–Kier alpha value is -1.92. The molecule has 1 unspecified atom stereocenters. The Morgan fingerprint density at radius 2 is 1.88 bits per heavy atom. The number of benzene rings is 1. The van der Waals surface area contributed by atoms with Gasteiger partial charge in [0.1, 0.15) is 0 Å². The van der Waals surface area contributed by atoms with Crippen molar-refractivity contribution in [1.29, 1.82) is 0 Å². The third-order valence-corrected chi connectivity index (χ3v) is 4.94. The van der Waals surface area contributed by atoms with Crippen molar-refractivity contribution >= 4 is 17.5 Å². The topological polar surface area (TPSA) is 61.9 Å². The van der Waals surface area contributed by atoms with E-state index in [2.05, 4.69) is 10.2 Å². The Morgan fingerprint density at radius 3 is 2.56 bits per heavy atom. The zero-order valence-corrected chi connectivity index (χ0v) is 14.8. The molecule has 0 saturated carbocycles. The summed E-state index contributed by atoms with van der Waals surface area (Å²) >= 11 is 0. The predicted octanol–water partition coefficient (Wildman–Crippen LogP) is 1.58. The van der Waals surface area contributed by atoms with Gasteiger partial charge in [-0.05, 0) is 31.9 Å². The molecule has 1 atom stereocenters. The molecular weight excluding hydrogens is 318 g/mol. The summed E-state index contributed by atoms with van der Waals surface area (Å²) in [7, 11) is 0. The van der Waals surface area contributed by atoms with Crippen molar-refractivity contribution < 1.29 is 14.3 Å². The summed E-state index contributed by atoms with van der Waals surface area (Å²) in [6, 6.07) is 9.52. The number of carbonyl (C=O) groups is 2. The predicted molar refractivity (Wildman–Crippen MR) is 96.2 cm³/mol. The van der Waals surface area contributed by atoms with Crippen molar-refractivity contribution in [2.75, 3.05) is 44.6 Å². The molecular formula is C19H27N3O3. The summed E-state index contributed by atoms with van der Waals surface area (Å²) in [4.78, 5) is 28.9. The zero-order valence-electron chi connectivity index (χ0n) is 14.8. The molecule has 136 valence electrons. The summed E-state index contributed by atoms with van der Waals surface area (Å²) in [5.74, 6) is 0.198. The van der Waals surface area contributed by atoms with E-state index in [1.807, 2.05) is 42.2 Å². The van der Waals surface area contributed by atoms with Gasteiger partial charge in [-0.15, -0.1) is 0 Å². The molecule has 2 saturated heterocycles. The highest BCUT2D eigenvalue weighted by molar-refractivity contribution is 5.92. The summed E-state index contributed by atoms with van der Waals surface area (Å²) < 4.78 is 5.51. The van der Waals surface area contributed by atoms with E-state index in [4.69, 9.17) is 4.74 Å². The number of carbonyl (C=O) groups excluding carboxylic acids is 2. The van der Waals surface area contributed by atoms with Crippen LogP contribution in [0.5, 0.6) is 0 Å². The summed E-state index contributed by atoms with van der Waals surface area (Å²) in [6.07, 6.45) is 1.64. The van der Waals surface area contributed by atoms with Gasteiger partial charge in [-0.3, -0.25) is 14.5 Å². The van der Waals surface area contributed by atoms with Crippen molar-refractivity contribution in [2.24, 2.45) is 5.92 Å². The van der Waals surface area contributed by atoms with Gasteiger partial charge in [0.25, 0.3) is 0 Å². The van der Waals surface area contributed by atoms with Gasteiger partial charge < -0.3 is 15.0 Å². The number of morpholine rings is 1. The largest absolute Gasteiger partial charge is 0.376 e. The molecule has 2 aliphatic heterocycles. The lowest BCUT2D eigenvalue weighted by molar-refractivity contribution is -0.137. The van der Waals surface area contributed by atoms with Crippen LogP contribution < -0.4 is 5.32 Å². The molecule has 6 heteroatoms. The van der Waals surface area contributed by atoms with Crippen LogP contribution in [-0.4, -0.2) is 67.0 Å². The van der Waals surface area contributed by atoms with Crippen LogP contribution in [0.3, 0.4) is 0 Å². The molecule has 1 N–H and O–H groups in total. The van der Waals surface area contributed by atoms with E-state index in [0.29, 0.717) is 26.2 Å². The lowest BCUT2D eigenvalue weighted by Crippen LogP contribution is -2.49. The monoisotopic (exact) mass is 345 g/mol. The second-order valence-corrected chi connectivity index (χ2v) is 6.93. The van der Waals surface area contributed by atoms with Crippen molar-refractivity contribution in [3.8, 4) is 0 Å². The van der Waals surface area contributed by atoms with E-state index < -0.39 is 0 Å². The maximum absolute atomic E-state index is 12.5. The maximum atomic E-state index is 12.5. The molecule has 0 bridgehead atoms. The second kappa shape index (κ2) is 8.45. The quantitative estimate of drug-likeness (QED) is 0.900. The summed E-state index contributed by atoms with van der Waals surface area (Å²) in [5.41, 5.74) is 0.826. The van der Waals surface area contributed by atoms with E-state index in [9.17, 15) is 9.59 Å². The molecule has 1 aromatic carbocycles. The van der Waals surface area contributed by atoms with Gasteiger partial charge in [0, 0.05) is 37.8 Å². The van der Waals surface area contributed by atoms with Crippen molar-refractivity contribution in [2.45, 2.75) is 25.9 Å². The number of piperidine rings is 1. The van der Waals surface area contributed by atoms with Crippen LogP contribution in [-0.2, 0) is 14.3 Å². The molecule has 2 heterocycles. The number of likely N-dealkylation sites (tertiary alicyclic amines) is 1. The highest BCUT2D eigenvalue weighted by Crippen LogP contribution is 2.20. The zero-order chi connectivity index (χ0) is 17.6. The number of amides is 2. The molecule has 1 aromatic rings. The normalized spacial score (nSPS) is 22.6. The first-order valence-electron chi connectivity index (χ1n) is 9.09. The number of nitrogens with one attached hydrogen (secondary N) is 1. The minimum Gasteiger partial charge on any atom is -0.376 e. The Kier molecular flexibility index (Phi) is 6.04. The fourth-order valence-corrected chi connectivity index (χ4v) is 3.48. The van der Waals surface area contributed by atoms with E-state index >= 15 is 0 Å². The number of rotatable bonds is 4. The van der Waals surface area contributed by atoms with Crippen molar-refractivity contribution in [3.05, 3.63) is 30.3 Å². The Labute approximate surface area is 149 Å². The van der Waals surface area contributed by atoms with Crippen LogP contribution in [0.2, 0.25) is 0 Å². The molecule has 3 rings (SSSR count). The minimum absolute atomic E-state index is 0.0207. The van der Waals surface area contributed by atoms with Crippen LogP contribution in [0.4, 0.5) is 5.69 Å². The first-order valence-corrected chi connectivity index (χ1v) is 9.09. The fourth-order valence-electron chi connectivity index (χ4n) is 3.48. The highest BCUT2D eigenvalue weighted by Gasteiger charge is 2.28. The van der Waals surface area contributed by atoms with Crippen molar-refractivity contribution in [3.63, 3.8) is 0 Å². The Bertz CT molecular complexity index is 585. The fraction of sp³-hybridized carbons (Fsp3) is 0.579. The molecule has 0 aromatic heterocycles. The molecule has 2 aliphatic rings. The van der Waals surface area contributed by atoms with Crippen LogP contribution in [0.15, 0.2) is 30.3 Å². The number of hydrogen-bond donors (Lipinski definition) is 1. The molecule has 0 radical (unpaired) electrons. The van der Waals surface area contributed by atoms with Crippen LogP contribution in [0.1, 0.15) is 19.8 Å². The lowest BCUT2D eigenvalue weighted by Gasteiger charge is -2.35.